The molecule has 1 aromatic carbocycles. The van der Waals surface area contributed by atoms with E-state index in [1.165, 1.54) is 17.4 Å². The van der Waals surface area contributed by atoms with E-state index in [2.05, 4.69) is 4.98 Å². The van der Waals surface area contributed by atoms with Crippen molar-refractivity contribution < 1.29 is 13.2 Å². The molecule has 1 atom stereocenters. The Hall–Kier alpha value is -1.30. The summed E-state index contributed by atoms with van der Waals surface area (Å²) in [4.78, 5) is 6.13. The molecule has 2 heterocycles. The average molecular weight is 272 g/mol. The number of fused-ring (bicyclic) bond motifs is 1. The molecule has 2 aromatic rings. The van der Waals surface area contributed by atoms with E-state index >= 15 is 0 Å². The van der Waals surface area contributed by atoms with Crippen molar-refractivity contribution in [1.82, 2.24) is 4.98 Å². The Bertz CT molecular complexity index is 569. The first-order chi connectivity index (χ1) is 8.65. The van der Waals surface area contributed by atoms with Crippen molar-refractivity contribution in [1.29, 1.82) is 0 Å². The Morgan fingerprint density at radius 2 is 2.22 bits per heavy atom. The number of thiazole rings is 1. The zero-order valence-corrected chi connectivity index (χ0v) is 10.3. The molecular weight excluding hydrogens is 261 g/mol. The van der Waals surface area contributed by atoms with Crippen LogP contribution in [0.4, 0.5) is 18.3 Å². The van der Waals surface area contributed by atoms with Crippen LogP contribution < -0.4 is 4.90 Å². The quantitative estimate of drug-likeness (QED) is 0.831. The smallest absolute Gasteiger partial charge is 0.243 e. The first kappa shape index (κ1) is 11.8. The summed E-state index contributed by atoms with van der Waals surface area (Å²) in [6, 6.07) is 4.72. The molecule has 0 bridgehead atoms. The van der Waals surface area contributed by atoms with Gasteiger partial charge in [0.05, 0.1) is 10.2 Å². The molecule has 6 heteroatoms. The second kappa shape index (κ2) is 4.42. The van der Waals surface area contributed by atoms with Gasteiger partial charge in [-0.15, -0.1) is 0 Å². The molecule has 0 aliphatic carbocycles. The maximum atomic E-state index is 13.5. The van der Waals surface area contributed by atoms with Crippen molar-refractivity contribution in [3.8, 4) is 0 Å². The van der Waals surface area contributed by atoms with Gasteiger partial charge in [-0.05, 0) is 18.6 Å². The average Bonchev–Trinajstić information content (AvgIpc) is 2.95. The molecule has 18 heavy (non-hydrogen) atoms. The minimum Gasteiger partial charge on any atom is -0.348 e. The van der Waals surface area contributed by atoms with Gasteiger partial charge in [0.2, 0.25) is 6.43 Å². The first-order valence-electron chi connectivity index (χ1n) is 5.73. The molecule has 1 unspecified atom stereocenters. The predicted molar refractivity (Wildman–Crippen MR) is 65.9 cm³/mol. The number of nitrogens with zero attached hydrogens (tertiary/aromatic N) is 2. The van der Waals surface area contributed by atoms with E-state index in [1.807, 2.05) is 4.90 Å². The first-order valence-corrected chi connectivity index (χ1v) is 6.55. The minimum absolute atomic E-state index is 0.305. The van der Waals surface area contributed by atoms with Gasteiger partial charge < -0.3 is 4.90 Å². The van der Waals surface area contributed by atoms with Crippen molar-refractivity contribution in [2.24, 2.45) is 5.92 Å². The van der Waals surface area contributed by atoms with Crippen LogP contribution in [0.5, 0.6) is 0 Å². The van der Waals surface area contributed by atoms with Crippen LogP contribution in [0.2, 0.25) is 0 Å². The number of hydrogen-bond acceptors (Lipinski definition) is 3. The normalized spacial score (nSPS) is 20.2. The molecule has 0 spiro atoms. The molecule has 0 saturated carbocycles. The van der Waals surface area contributed by atoms with Crippen LogP contribution in [0.3, 0.4) is 0 Å². The Morgan fingerprint density at radius 1 is 1.39 bits per heavy atom. The van der Waals surface area contributed by atoms with E-state index in [0.717, 1.165) is 0 Å². The number of anilines is 1. The van der Waals surface area contributed by atoms with E-state index in [9.17, 15) is 13.2 Å². The lowest BCUT2D eigenvalue weighted by Crippen LogP contribution is -2.21. The Morgan fingerprint density at radius 3 is 2.89 bits per heavy atom. The topological polar surface area (TPSA) is 16.1 Å². The number of rotatable bonds is 2. The number of alkyl halides is 2. The molecule has 3 rings (SSSR count). The Balaban J connectivity index is 1.89. The fraction of sp³-hybridized carbons (Fsp3) is 0.417. The van der Waals surface area contributed by atoms with Crippen molar-refractivity contribution in [2.75, 3.05) is 18.0 Å². The lowest BCUT2D eigenvalue weighted by molar-refractivity contribution is 0.0880. The molecule has 1 saturated heterocycles. The summed E-state index contributed by atoms with van der Waals surface area (Å²) in [5, 5.41) is 0.637. The largest absolute Gasteiger partial charge is 0.348 e. The lowest BCUT2D eigenvalue weighted by atomic mass is 10.1. The summed E-state index contributed by atoms with van der Waals surface area (Å²) in [6.07, 6.45) is -1.82. The molecule has 0 N–H and O–H groups in total. The number of benzene rings is 1. The summed E-state index contributed by atoms with van der Waals surface area (Å²) in [5.41, 5.74) is 0.593. The van der Waals surface area contributed by atoms with Gasteiger partial charge in [-0.2, -0.15) is 0 Å². The summed E-state index contributed by atoms with van der Waals surface area (Å²) < 4.78 is 39.2. The molecule has 0 amide bonds. The van der Waals surface area contributed by atoms with Crippen LogP contribution in [0.25, 0.3) is 10.2 Å². The third kappa shape index (κ3) is 1.94. The van der Waals surface area contributed by atoms with Crippen molar-refractivity contribution in [3.63, 3.8) is 0 Å². The van der Waals surface area contributed by atoms with Crippen LogP contribution >= 0.6 is 11.3 Å². The van der Waals surface area contributed by atoms with Gasteiger partial charge in [-0.3, -0.25) is 0 Å². The van der Waals surface area contributed by atoms with E-state index in [4.69, 9.17) is 0 Å². The monoisotopic (exact) mass is 272 g/mol. The SMILES string of the molecule is Fc1cccc2nc(N3CCC(C(F)F)C3)sc12. The van der Waals surface area contributed by atoms with Gasteiger partial charge in [0, 0.05) is 19.0 Å². The highest BCUT2D eigenvalue weighted by atomic mass is 32.1. The second-order valence-corrected chi connectivity index (χ2v) is 5.39. The van der Waals surface area contributed by atoms with Crippen molar-refractivity contribution in [3.05, 3.63) is 24.0 Å². The van der Waals surface area contributed by atoms with Crippen LogP contribution in [0, 0.1) is 11.7 Å². The fourth-order valence-corrected chi connectivity index (χ4v) is 3.21. The molecule has 96 valence electrons. The van der Waals surface area contributed by atoms with Gasteiger partial charge in [-0.25, -0.2) is 18.2 Å². The number of hydrogen-bond donors (Lipinski definition) is 0. The molecule has 1 aliphatic rings. The van der Waals surface area contributed by atoms with E-state index in [1.54, 1.807) is 12.1 Å². The highest BCUT2D eigenvalue weighted by molar-refractivity contribution is 7.22. The van der Waals surface area contributed by atoms with Crippen LogP contribution in [0.1, 0.15) is 6.42 Å². The maximum Gasteiger partial charge on any atom is 0.243 e. The lowest BCUT2D eigenvalue weighted by Gasteiger charge is -2.14. The van der Waals surface area contributed by atoms with Gasteiger partial charge in [0.1, 0.15) is 5.82 Å². The summed E-state index contributed by atoms with van der Waals surface area (Å²) in [6.45, 7) is 0.871. The third-order valence-electron chi connectivity index (χ3n) is 3.21. The Kier molecular flexibility index (Phi) is 2.89. The highest BCUT2D eigenvalue weighted by Gasteiger charge is 2.31. The summed E-state index contributed by atoms with van der Waals surface area (Å²) in [7, 11) is 0. The third-order valence-corrected chi connectivity index (χ3v) is 4.35. The molecule has 1 fully saturated rings. The highest BCUT2D eigenvalue weighted by Crippen LogP contribution is 2.34. The predicted octanol–water partition coefficient (Wildman–Crippen LogP) is 3.53. The van der Waals surface area contributed by atoms with E-state index in [-0.39, 0.29) is 5.82 Å². The van der Waals surface area contributed by atoms with Crippen molar-refractivity contribution in [2.45, 2.75) is 12.8 Å². The van der Waals surface area contributed by atoms with Gasteiger partial charge in [0.15, 0.2) is 5.13 Å². The summed E-state index contributed by atoms with van der Waals surface area (Å²) in [5.74, 6) is -0.900. The van der Waals surface area contributed by atoms with Crippen molar-refractivity contribution >= 4 is 26.7 Å². The van der Waals surface area contributed by atoms with Crippen LogP contribution in [-0.4, -0.2) is 24.5 Å². The minimum atomic E-state index is -2.29. The van der Waals surface area contributed by atoms with Gasteiger partial charge >= 0.3 is 0 Å². The zero-order chi connectivity index (χ0) is 12.7. The van der Waals surface area contributed by atoms with E-state index in [0.29, 0.717) is 34.9 Å². The number of aromatic nitrogens is 1. The fourth-order valence-electron chi connectivity index (χ4n) is 2.21. The molecule has 2 nitrogen and oxygen atoms in total. The van der Waals surface area contributed by atoms with Gasteiger partial charge in [-0.1, -0.05) is 17.4 Å². The maximum absolute atomic E-state index is 13.5. The van der Waals surface area contributed by atoms with Crippen LogP contribution in [-0.2, 0) is 0 Å². The molecule has 1 aliphatic heterocycles. The number of halogens is 3. The Labute approximate surface area is 106 Å². The molecule has 0 radical (unpaired) electrons. The summed E-state index contributed by atoms with van der Waals surface area (Å²) >= 11 is 1.23. The van der Waals surface area contributed by atoms with E-state index < -0.39 is 12.3 Å². The standard InChI is InChI=1S/C12H11F3N2S/c13-8-2-1-3-9-10(8)18-12(16-9)17-5-4-7(6-17)11(14)15/h1-3,7,11H,4-6H2. The second-order valence-electron chi connectivity index (χ2n) is 4.41. The van der Waals surface area contributed by atoms with Gasteiger partial charge in [0.25, 0.3) is 0 Å². The zero-order valence-electron chi connectivity index (χ0n) is 9.44. The van der Waals surface area contributed by atoms with Crippen LogP contribution in [0.15, 0.2) is 18.2 Å². The molecular formula is C12H11F3N2S. The molecule has 1 aromatic heterocycles.